The van der Waals surface area contributed by atoms with Gasteiger partial charge in [0.2, 0.25) is 0 Å². The van der Waals surface area contributed by atoms with Crippen LogP contribution in [0.3, 0.4) is 0 Å². The molecule has 7 heteroatoms. The molecule has 0 spiro atoms. The van der Waals surface area contributed by atoms with E-state index in [0.29, 0.717) is 36.9 Å². The van der Waals surface area contributed by atoms with Crippen LogP contribution in [0.4, 0.5) is 0 Å². The van der Waals surface area contributed by atoms with E-state index >= 15 is 0 Å². The third kappa shape index (κ3) is 6.25. The number of aromatic nitrogens is 2. The van der Waals surface area contributed by atoms with Crippen molar-refractivity contribution >= 4 is 11.6 Å². The second-order valence-electron chi connectivity index (χ2n) is 8.53. The summed E-state index contributed by atoms with van der Waals surface area (Å²) in [4.78, 5) is 2.27. The third-order valence-electron chi connectivity index (χ3n) is 5.67. The monoisotopic (exact) mass is 455 g/mol. The molecular formula is C25H30ClN3O3. The van der Waals surface area contributed by atoms with Gasteiger partial charge in [-0.25, -0.2) is 0 Å². The number of ether oxygens (including phenoxy) is 2. The van der Waals surface area contributed by atoms with Gasteiger partial charge in [-0.2, -0.15) is 5.10 Å². The van der Waals surface area contributed by atoms with Crippen LogP contribution in [0, 0.1) is 6.92 Å². The minimum atomic E-state index is -0.900. The summed E-state index contributed by atoms with van der Waals surface area (Å²) in [6, 6.07) is 15.7. The topological polar surface area (TPSA) is 59.8 Å². The highest BCUT2D eigenvalue weighted by atomic mass is 35.5. The fraction of sp³-hybridized carbons (Fsp3) is 0.400. The van der Waals surface area contributed by atoms with Crippen molar-refractivity contribution in [3.05, 3.63) is 77.1 Å². The summed E-state index contributed by atoms with van der Waals surface area (Å²) < 4.78 is 13.7. The van der Waals surface area contributed by atoms with Gasteiger partial charge in [0.15, 0.2) is 0 Å². The molecule has 2 aromatic carbocycles. The van der Waals surface area contributed by atoms with E-state index in [4.69, 9.17) is 21.1 Å². The van der Waals surface area contributed by atoms with Gasteiger partial charge in [0, 0.05) is 25.5 Å². The molecule has 1 saturated heterocycles. The standard InChI is InChI=1S/C25H30ClN3O3/c1-20-7-8-23(26)24(15-20)32-19-25(30)9-3-11-28(18-25)17-21-5-2-6-22(16-21)31-14-13-29-12-4-10-27-29/h2,4-8,10,12,15-16,30H,3,9,11,13-14,17-19H2,1H3. The minimum absolute atomic E-state index is 0.225. The first-order valence-electron chi connectivity index (χ1n) is 11.0. The number of aliphatic hydroxyl groups is 1. The summed E-state index contributed by atoms with van der Waals surface area (Å²) in [5.74, 6) is 1.47. The lowest BCUT2D eigenvalue weighted by molar-refractivity contribution is -0.0621. The van der Waals surface area contributed by atoms with Crippen LogP contribution >= 0.6 is 11.6 Å². The molecule has 0 aliphatic carbocycles. The zero-order chi connectivity index (χ0) is 22.4. The lowest BCUT2D eigenvalue weighted by atomic mass is 9.93. The molecule has 1 aromatic heterocycles. The van der Waals surface area contributed by atoms with Crippen molar-refractivity contribution < 1.29 is 14.6 Å². The Hall–Kier alpha value is -2.54. The maximum absolute atomic E-state index is 11.2. The summed E-state index contributed by atoms with van der Waals surface area (Å²) in [6.45, 7) is 5.75. The van der Waals surface area contributed by atoms with Crippen LogP contribution in [0.5, 0.6) is 11.5 Å². The summed E-state index contributed by atoms with van der Waals surface area (Å²) in [6.07, 6.45) is 5.32. The number of rotatable bonds is 9. The SMILES string of the molecule is Cc1ccc(Cl)c(OCC2(O)CCCN(Cc3cccc(OCCn4cccn4)c3)C2)c1. The van der Waals surface area contributed by atoms with Crippen molar-refractivity contribution in [2.24, 2.45) is 0 Å². The van der Waals surface area contributed by atoms with Crippen molar-refractivity contribution in [2.75, 3.05) is 26.3 Å². The van der Waals surface area contributed by atoms with Gasteiger partial charge in [-0.3, -0.25) is 9.58 Å². The summed E-state index contributed by atoms with van der Waals surface area (Å²) >= 11 is 6.24. The lowest BCUT2D eigenvalue weighted by Crippen LogP contribution is -2.51. The predicted molar refractivity (Wildman–Crippen MR) is 125 cm³/mol. The van der Waals surface area contributed by atoms with Crippen LogP contribution in [0.25, 0.3) is 0 Å². The summed E-state index contributed by atoms with van der Waals surface area (Å²) in [7, 11) is 0. The lowest BCUT2D eigenvalue weighted by Gasteiger charge is -2.39. The molecule has 1 aliphatic heterocycles. The Kier molecular flexibility index (Phi) is 7.35. The first-order chi connectivity index (χ1) is 15.5. The number of halogens is 1. The maximum Gasteiger partial charge on any atom is 0.138 e. The molecule has 4 rings (SSSR count). The number of β-amino-alcohol motifs (C(OH)–C–C–N with tert-alkyl or cyclic N) is 1. The average molecular weight is 456 g/mol. The number of hydrogen-bond acceptors (Lipinski definition) is 5. The largest absolute Gasteiger partial charge is 0.492 e. The normalized spacial score (nSPS) is 19.1. The van der Waals surface area contributed by atoms with Gasteiger partial charge >= 0.3 is 0 Å². The molecule has 6 nitrogen and oxygen atoms in total. The number of piperidine rings is 1. The molecule has 1 aliphatic rings. The molecular weight excluding hydrogens is 426 g/mol. The highest BCUT2D eigenvalue weighted by Crippen LogP contribution is 2.29. The second-order valence-corrected chi connectivity index (χ2v) is 8.93. The van der Waals surface area contributed by atoms with Crippen molar-refractivity contribution in [2.45, 2.75) is 38.5 Å². The molecule has 0 amide bonds. The predicted octanol–water partition coefficient (Wildman–Crippen LogP) is 4.33. The van der Waals surface area contributed by atoms with E-state index in [1.54, 1.807) is 6.20 Å². The van der Waals surface area contributed by atoms with Crippen molar-refractivity contribution in [3.8, 4) is 11.5 Å². The van der Waals surface area contributed by atoms with E-state index in [1.807, 2.05) is 54.2 Å². The molecule has 32 heavy (non-hydrogen) atoms. The average Bonchev–Trinajstić information content (AvgIpc) is 3.28. The van der Waals surface area contributed by atoms with Gasteiger partial charge in [0.25, 0.3) is 0 Å². The first kappa shape index (κ1) is 22.6. The third-order valence-corrected chi connectivity index (χ3v) is 5.98. The quantitative estimate of drug-likeness (QED) is 0.520. The maximum atomic E-state index is 11.2. The first-order valence-corrected chi connectivity index (χ1v) is 11.4. The number of nitrogens with zero attached hydrogens (tertiary/aromatic N) is 3. The Bertz CT molecular complexity index is 1010. The second kappa shape index (κ2) is 10.4. The van der Waals surface area contributed by atoms with Crippen LogP contribution in [-0.2, 0) is 13.1 Å². The number of hydrogen-bond donors (Lipinski definition) is 1. The fourth-order valence-electron chi connectivity index (χ4n) is 4.07. The van der Waals surface area contributed by atoms with Gasteiger partial charge in [0.05, 0.1) is 11.6 Å². The molecule has 0 saturated carbocycles. The molecule has 1 unspecified atom stereocenters. The summed E-state index contributed by atoms with van der Waals surface area (Å²) in [5.41, 5.74) is 1.34. The zero-order valence-corrected chi connectivity index (χ0v) is 19.2. The van der Waals surface area contributed by atoms with Gasteiger partial charge in [0.1, 0.15) is 30.3 Å². The van der Waals surface area contributed by atoms with E-state index < -0.39 is 5.60 Å². The van der Waals surface area contributed by atoms with E-state index in [-0.39, 0.29) is 6.61 Å². The van der Waals surface area contributed by atoms with Crippen LogP contribution < -0.4 is 9.47 Å². The minimum Gasteiger partial charge on any atom is -0.492 e. The molecule has 2 heterocycles. The molecule has 0 radical (unpaired) electrons. The van der Waals surface area contributed by atoms with E-state index in [2.05, 4.69) is 22.1 Å². The number of aryl methyl sites for hydroxylation is 1. The molecule has 1 atom stereocenters. The Balaban J connectivity index is 1.30. The van der Waals surface area contributed by atoms with Crippen molar-refractivity contribution in [1.82, 2.24) is 14.7 Å². The highest BCUT2D eigenvalue weighted by molar-refractivity contribution is 6.32. The van der Waals surface area contributed by atoms with Crippen molar-refractivity contribution in [1.29, 1.82) is 0 Å². The fourth-order valence-corrected chi connectivity index (χ4v) is 4.25. The van der Waals surface area contributed by atoms with Gasteiger partial charge in [-0.1, -0.05) is 29.8 Å². The smallest absolute Gasteiger partial charge is 0.138 e. The number of likely N-dealkylation sites (tertiary alicyclic amines) is 1. The number of benzene rings is 2. The molecule has 3 aromatic rings. The van der Waals surface area contributed by atoms with Crippen LogP contribution in [0.2, 0.25) is 5.02 Å². The Labute approximate surface area is 194 Å². The Morgan fingerprint density at radius 1 is 1.16 bits per heavy atom. The van der Waals surface area contributed by atoms with Gasteiger partial charge in [-0.15, -0.1) is 0 Å². The molecule has 1 fully saturated rings. The molecule has 1 N–H and O–H groups in total. The summed E-state index contributed by atoms with van der Waals surface area (Å²) in [5, 5.41) is 15.9. The van der Waals surface area contributed by atoms with E-state index in [9.17, 15) is 5.11 Å². The Morgan fingerprint density at radius 2 is 2.06 bits per heavy atom. The van der Waals surface area contributed by atoms with E-state index in [0.717, 1.165) is 36.4 Å². The molecule has 170 valence electrons. The van der Waals surface area contributed by atoms with E-state index in [1.165, 1.54) is 0 Å². The Morgan fingerprint density at radius 3 is 2.91 bits per heavy atom. The molecule has 0 bridgehead atoms. The van der Waals surface area contributed by atoms with Crippen LogP contribution in [-0.4, -0.2) is 51.7 Å². The van der Waals surface area contributed by atoms with Gasteiger partial charge in [-0.05, 0) is 67.8 Å². The van der Waals surface area contributed by atoms with Crippen molar-refractivity contribution in [3.63, 3.8) is 0 Å². The van der Waals surface area contributed by atoms with Crippen LogP contribution in [0.1, 0.15) is 24.0 Å². The van der Waals surface area contributed by atoms with Crippen LogP contribution in [0.15, 0.2) is 60.9 Å². The zero-order valence-electron chi connectivity index (χ0n) is 18.4. The highest BCUT2D eigenvalue weighted by Gasteiger charge is 2.34. The van der Waals surface area contributed by atoms with Gasteiger partial charge < -0.3 is 14.6 Å².